The summed E-state index contributed by atoms with van der Waals surface area (Å²) in [5, 5.41) is 7.22. The molecule has 1 aromatic carbocycles. The summed E-state index contributed by atoms with van der Waals surface area (Å²) < 4.78 is 0. The van der Waals surface area contributed by atoms with Crippen LogP contribution in [0.1, 0.15) is 31.9 Å². The Morgan fingerprint density at radius 3 is 2.62 bits per heavy atom. The number of oxime groups is 1. The van der Waals surface area contributed by atoms with Crippen molar-refractivity contribution in [3.8, 4) is 0 Å². The SMILES string of the molecule is CNC(C)(C)c1cccc(/C(C)=N/OC)c1. The summed E-state index contributed by atoms with van der Waals surface area (Å²) in [5.41, 5.74) is 3.17. The molecule has 0 atom stereocenters. The average Bonchev–Trinajstić information content (AvgIpc) is 2.29. The van der Waals surface area contributed by atoms with E-state index in [9.17, 15) is 0 Å². The van der Waals surface area contributed by atoms with Crippen molar-refractivity contribution >= 4 is 5.71 Å². The minimum atomic E-state index is -0.0383. The highest BCUT2D eigenvalue weighted by molar-refractivity contribution is 5.98. The van der Waals surface area contributed by atoms with E-state index in [1.165, 1.54) is 5.56 Å². The first-order chi connectivity index (χ1) is 7.51. The number of hydrogen-bond acceptors (Lipinski definition) is 3. The van der Waals surface area contributed by atoms with Crippen molar-refractivity contribution < 1.29 is 4.84 Å². The van der Waals surface area contributed by atoms with E-state index in [1.54, 1.807) is 7.11 Å². The molecule has 3 nitrogen and oxygen atoms in total. The first-order valence-corrected chi connectivity index (χ1v) is 5.39. The van der Waals surface area contributed by atoms with Gasteiger partial charge in [0.2, 0.25) is 0 Å². The third-order valence-corrected chi connectivity index (χ3v) is 2.86. The van der Waals surface area contributed by atoms with Gasteiger partial charge in [0.15, 0.2) is 0 Å². The summed E-state index contributed by atoms with van der Waals surface area (Å²) >= 11 is 0. The quantitative estimate of drug-likeness (QED) is 0.625. The zero-order valence-electron chi connectivity index (χ0n) is 10.7. The van der Waals surface area contributed by atoms with E-state index < -0.39 is 0 Å². The zero-order chi connectivity index (χ0) is 12.2. The smallest absolute Gasteiger partial charge is 0.106 e. The van der Waals surface area contributed by atoms with Crippen LogP contribution in [0.3, 0.4) is 0 Å². The predicted octanol–water partition coefficient (Wildman–Crippen LogP) is 2.51. The third kappa shape index (κ3) is 2.83. The van der Waals surface area contributed by atoms with Crippen molar-refractivity contribution in [3.63, 3.8) is 0 Å². The van der Waals surface area contributed by atoms with Gasteiger partial charge in [-0.05, 0) is 45.0 Å². The second-order valence-electron chi connectivity index (χ2n) is 4.32. The predicted molar refractivity (Wildman–Crippen MR) is 67.7 cm³/mol. The Morgan fingerprint density at radius 2 is 2.06 bits per heavy atom. The molecule has 3 heteroatoms. The lowest BCUT2D eigenvalue weighted by Gasteiger charge is -2.25. The number of nitrogens with one attached hydrogen (secondary N) is 1. The van der Waals surface area contributed by atoms with E-state index in [0.717, 1.165) is 11.3 Å². The molecule has 0 bridgehead atoms. The number of hydrogen-bond donors (Lipinski definition) is 1. The molecule has 0 heterocycles. The molecule has 0 aromatic heterocycles. The monoisotopic (exact) mass is 220 g/mol. The molecule has 0 aliphatic carbocycles. The molecule has 0 amide bonds. The standard InChI is InChI=1S/C13H20N2O/c1-10(15-16-5)11-7-6-8-12(9-11)13(2,3)14-4/h6-9,14H,1-5H3/b15-10+. The molecule has 16 heavy (non-hydrogen) atoms. The van der Waals surface area contributed by atoms with Crippen molar-refractivity contribution in [1.29, 1.82) is 0 Å². The maximum absolute atomic E-state index is 4.78. The highest BCUT2D eigenvalue weighted by Crippen LogP contribution is 2.20. The van der Waals surface area contributed by atoms with Crippen LogP contribution in [0.25, 0.3) is 0 Å². The molecule has 1 rings (SSSR count). The van der Waals surface area contributed by atoms with Gasteiger partial charge in [-0.15, -0.1) is 0 Å². The van der Waals surface area contributed by atoms with E-state index in [0.29, 0.717) is 0 Å². The molecule has 0 aliphatic rings. The van der Waals surface area contributed by atoms with Gasteiger partial charge in [0.1, 0.15) is 7.11 Å². The van der Waals surface area contributed by atoms with Crippen LogP contribution in [0, 0.1) is 0 Å². The summed E-state index contributed by atoms with van der Waals surface area (Å²) in [7, 11) is 3.52. The fourth-order valence-electron chi connectivity index (χ4n) is 1.47. The Morgan fingerprint density at radius 1 is 1.38 bits per heavy atom. The Kier molecular flexibility index (Phi) is 4.07. The second-order valence-corrected chi connectivity index (χ2v) is 4.32. The largest absolute Gasteiger partial charge is 0.399 e. The van der Waals surface area contributed by atoms with Gasteiger partial charge in [-0.3, -0.25) is 0 Å². The van der Waals surface area contributed by atoms with Crippen molar-refractivity contribution in [3.05, 3.63) is 35.4 Å². The van der Waals surface area contributed by atoms with Crippen LogP contribution in [-0.2, 0) is 10.4 Å². The first kappa shape index (κ1) is 12.7. The summed E-state index contributed by atoms with van der Waals surface area (Å²) in [6, 6.07) is 8.32. The Labute approximate surface area is 97.5 Å². The lowest BCUT2D eigenvalue weighted by Crippen LogP contribution is -2.33. The molecular weight excluding hydrogens is 200 g/mol. The molecule has 1 N–H and O–H groups in total. The molecule has 0 saturated carbocycles. The van der Waals surface area contributed by atoms with Crippen molar-refractivity contribution in [1.82, 2.24) is 5.32 Å². The van der Waals surface area contributed by atoms with E-state index >= 15 is 0 Å². The van der Waals surface area contributed by atoms with Crippen LogP contribution >= 0.6 is 0 Å². The van der Waals surface area contributed by atoms with E-state index in [4.69, 9.17) is 4.84 Å². The lowest BCUT2D eigenvalue weighted by molar-refractivity contribution is 0.213. The molecule has 88 valence electrons. The Hall–Kier alpha value is -1.35. The van der Waals surface area contributed by atoms with Crippen LogP contribution in [0.15, 0.2) is 29.4 Å². The fourth-order valence-corrected chi connectivity index (χ4v) is 1.47. The van der Waals surface area contributed by atoms with Crippen LogP contribution in [0.5, 0.6) is 0 Å². The Balaban J connectivity index is 3.09. The summed E-state index contributed by atoms with van der Waals surface area (Å²) in [5.74, 6) is 0. The molecular formula is C13H20N2O. The number of nitrogens with zero attached hydrogens (tertiary/aromatic N) is 1. The van der Waals surface area contributed by atoms with E-state index in [1.807, 2.05) is 26.1 Å². The van der Waals surface area contributed by atoms with Crippen molar-refractivity contribution in [2.24, 2.45) is 5.16 Å². The second kappa shape index (κ2) is 5.12. The van der Waals surface area contributed by atoms with Crippen molar-refractivity contribution in [2.75, 3.05) is 14.2 Å². The average molecular weight is 220 g/mol. The van der Waals surface area contributed by atoms with Gasteiger partial charge in [0.05, 0.1) is 5.71 Å². The van der Waals surface area contributed by atoms with E-state index in [-0.39, 0.29) is 5.54 Å². The highest BCUT2D eigenvalue weighted by Gasteiger charge is 2.17. The van der Waals surface area contributed by atoms with Gasteiger partial charge in [-0.25, -0.2) is 0 Å². The fraction of sp³-hybridized carbons (Fsp3) is 0.462. The minimum absolute atomic E-state index is 0.0383. The van der Waals surface area contributed by atoms with Crippen LogP contribution < -0.4 is 5.32 Å². The number of benzene rings is 1. The maximum Gasteiger partial charge on any atom is 0.106 e. The maximum atomic E-state index is 4.78. The van der Waals surface area contributed by atoms with Crippen molar-refractivity contribution in [2.45, 2.75) is 26.3 Å². The van der Waals surface area contributed by atoms with Gasteiger partial charge in [0, 0.05) is 5.54 Å². The van der Waals surface area contributed by atoms with Crippen LogP contribution in [-0.4, -0.2) is 19.9 Å². The molecule has 0 radical (unpaired) electrons. The van der Waals surface area contributed by atoms with Gasteiger partial charge < -0.3 is 10.2 Å². The van der Waals surface area contributed by atoms with Gasteiger partial charge >= 0.3 is 0 Å². The lowest BCUT2D eigenvalue weighted by atomic mass is 9.92. The summed E-state index contributed by atoms with van der Waals surface area (Å²) in [6.07, 6.45) is 0. The van der Waals surface area contributed by atoms with Crippen LogP contribution in [0.2, 0.25) is 0 Å². The molecule has 0 aliphatic heterocycles. The van der Waals surface area contributed by atoms with Gasteiger partial charge in [0.25, 0.3) is 0 Å². The number of rotatable bonds is 4. The van der Waals surface area contributed by atoms with E-state index in [2.05, 4.69) is 36.5 Å². The van der Waals surface area contributed by atoms with Gasteiger partial charge in [-0.2, -0.15) is 0 Å². The third-order valence-electron chi connectivity index (χ3n) is 2.86. The first-order valence-electron chi connectivity index (χ1n) is 5.39. The molecule has 1 aromatic rings. The molecule has 0 spiro atoms. The highest BCUT2D eigenvalue weighted by atomic mass is 16.6. The van der Waals surface area contributed by atoms with Crippen LogP contribution in [0.4, 0.5) is 0 Å². The molecule has 0 unspecified atom stereocenters. The zero-order valence-corrected chi connectivity index (χ0v) is 10.7. The summed E-state index contributed by atoms with van der Waals surface area (Å²) in [4.78, 5) is 4.78. The molecule has 0 saturated heterocycles. The molecule has 0 fully saturated rings. The Bertz CT molecular complexity index is 383. The minimum Gasteiger partial charge on any atom is -0.399 e. The topological polar surface area (TPSA) is 33.6 Å². The normalized spacial score (nSPS) is 12.7. The summed E-state index contributed by atoms with van der Waals surface area (Å²) in [6.45, 7) is 6.23. The van der Waals surface area contributed by atoms with Gasteiger partial charge in [-0.1, -0.05) is 23.4 Å².